The number of sulfonamides is 1. The van der Waals surface area contributed by atoms with Crippen molar-refractivity contribution in [1.82, 2.24) is 9.29 Å². The zero-order valence-electron chi connectivity index (χ0n) is 13.9. The third kappa shape index (κ3) is 4.76. The van der Waals surface area contributed by atoms with Crippen LogP contribution in [0.3, 0.4) is 0 Å². The molecule has 1 aliphatic rings. The third-order valence-electron chi connectivity index (χ3n) is 3.85. The van der Waals surface area contributed by atoms with Gasteiger partial charge in [-0.05, 0) is 24.5 Å². The van der Waals surface area contributed by atoms with Crippen LogP contribution >= 0.6 is 0 Å². The van der Waals surface area contributed by atoms with Crippen LogP contribution in [0.25, 0.3) is 0 Å². The Balaban J connectivity index is 2.09. The largest absolute Gasteiger partial charge is 0.377 e. The van der Waals surface area contributed by atoms with Gasteiger partial charge in [-0.2, -0.15) is 4.31 Å². The first-order chi connectivity index (χ1) is 10.2. The summed E-state index contributed by atoms with van der Waals surface area (Å²) in [6, 6.07) is 3.93. The van der Waals surface area contributed by atoms with Crippen molar-refractivity contribution < 1.29 is 13.2 Å². The van der Waals surface area contributed by atoms with Crippen LogP contribution in [0.2, 0.25) is 0 Å². The van der Waals surface area contributed by atoms with Gasteiger partial charge >= 0.3 is 0 Å². The molecule has 0 amide bonds. The van der Waals surface area contributed by atoms with E-state index in [0.717, 1.165) is 30.7 Å². The molecule has 0 bridgehead atoms. The molecule has 0 aliphatic carbocycles. The van der Waals surface area contributed by atoms with Crippen LogP contribution < -0.4 is 0 Å². The van der Waals surface area contributed by atoms with Crippen molar-refractivity contribution in [2.24, 2.45) is 0 Å². The molecule has 1 fully saturated rings. The van der Waals surface area contributed by atoms with E-state index in [0.29, 0.717) is 13.1 Å². The Morgan fingerprint density at radius 3 is 2.55 bits per heavy atom. The number of ether oxygens (including phenoxy) is 1. The molecular weight excluding hydrogens is 300 g/mol. The van der Waals surface area contributed by atoms with Gasteiger partial charge in [-0.1, -0.05) is 26.8 Å². The second kappa shape index (κ2) is 6.64. The summed E-state index contributed by atoms with van der Waals surface area (Å²) in [6.45, 7) is 7.81. The predicted octanol–water partition coefficient (Wildman–Crippen LogP) is 2.32. The smallest absolute Gasteiger partial charge is 0.211 e. The van der Waals surface area contributed by atoms with Crippen molar-refractivity contribution >= 4 is 10.0 Å². The molecular formula is C16H26N2O3S. The minimum atomic E-state index is -3.26. The van der Waals surface area contributed by atoms with Crippen LogP contribution in [0.4, 0.5) is 0 Å². The van der Waals surface area contributed by atoms with E-state index in [4.69, 9.17) is 4.74 Å². The fraction of sp³-hybridized carbons (Fsp3) is 0.688. The quantitative estimate of drug-likeness (QED) is 0.833. The second-order valence-corrected chi connectivity index (χ2v) is 8.97. The highest BCUT2D eigenvalue weighted by atomic mass is 32.2. The van der Waals surface area contributed by atoms with E-state index in [1.807, 2.05) is 12.1 Å². The van der Waals surface area contributed by atoms with Crippen LogP contribution in [-0.2, 0) is 26.7 Å². The van der Waals surface area contributed by atoms with Crippen LogP contribution in [0, 0.1) is 0 Å². The molecule has 0 unspecified atom stereocenters. The molecule has 22 heavy (non-hydrogen) atoms. The molecule has 0 saturated carbocycles. The Labute approximate surface area is 133 Å². The zero-order chi connectivity index (χ0) is 16.4. The van der Waals surface area contributed by atoms with Gasteiger partial charge in [-0.3, -0.25) is 4.98 Å². The highest BCUT2D eigenvalue weighted by molar-refractivity contribution is 7.88. The number of rotatable bonds is 5. The third-order valence-corrected chi connectivity index (χ3v) is 5.07. The van der Waals surface area contributed by atoms with E-state index in [-0.39, 0.29) is 11.5 Å². The first-order valence-electron chi connectivity index (χ1n) is 7.68. The maximum atomic E-state index is 12.0. The van der Waals surface area contributed by atoms with Crippen molar-refractivity contribution in [2.45, 2.75) is 51.7 Å². The second-order valence-electron chi connectivity index (χ2n) is 6.99. The Morgan fingerprint density at radius 1 is 1.36 bits per heavy atom. The summed E-state index contributed by atoms with van der Waals surface area (Å²) in [4.78, 5) is 4.46. The Hall–Kier alpha value is -0.980. The number of hydrogen-bond acceptors (Lipinski definition) is 4. The van der Waals surface area contributed by atoms with E-state index in [1.165, 1.54) is 10.6 Å². The van der Waals surface area contributed by atoms with Crippen molar-refractivity contribution in [3.05, 3.63) is 29.6 Å². The molecule has 0 spiro atoms. The summed E-state index contributed by atoms with van der Waals surface area (Å²) in [5.74, 6) is 0. The van der Waals surface area contributed by atoms with E-state index in [2.05, 4.69) is 25.8 Å². The van der Waals surface area contributed by atoms with Gasteiger partial charge < -0.3 is 4.74 Å². The van der Waals surface area contributed by atoms with E-state index < -0.39 is 10.0 Å². The van der Waals surface area contributed by atoms with Gasteiger partial charge in [0.25, 0.3) is 0 Å². The lowest BCUT2D eigenvalue weighted by Gasteiger charge is -2.23. The monoisotopic (exact) mass is 326 g/mol. The molecule has 1 atom stereocenters. The van der Waals surface area contributed by atoms with Crippen molar-refractivity contribution in [3.63, 3.8) is 0 Å². The molecule has 1 aliphatic heterocycles. The highest BCUT2D eigenvalue weighted by Crippen LogP contribution is 2.21. The summed E-state index contributed by atoms with van der Waals surface area (Å²) in [6.07, 6.45) is 4.96. The molecule has 0 N–H and O–H groups in total. The summed E-state index contributed by atoms with van der Waals surface area (Å²) in [7, 11) is -3.26. The van der Waals surface area contributed by atoms with Gasteiger partial charge in [-0.25, -0.2) is 8.42 Å². The first-order valence-corrected chi connectivity index (χ1v) is 9.53. The molecule has 6 heteroatoms. The molecule has 1 saturated heterocycles. The zero-order valence-corrected chi connectivity index (χ0v) is 14.7. The molecule has 0 aromatic carbocycles. The van der Waals surface area contributed by atoms with Gasteiger partial charge in [0.05, 0.1) is 12.4 Å². The van der Waals surface area contributed by atoms with E-state index >= 15 is 0 Å². The lowest BCUT2D eigenvalue weighted by atomic mass is 9.91. The number of aromatic nitrogens is 1. The molecule has 2 rings (SSSR count). The summed E-state index contributed by atoms with van der Waals surface area (Å²) in [5, 5.41) is 0. The van der Waals surface area contributed by atoms with Crippen LogP contribution in [-0.4, -0.2) is 43.2 Å². The lowest BCUT2D eigenvalue weighted by molar-refractivity contribution is 0.0927. The van der Waals surface area contributed by atoms with E-state index in [9.17, 15) is 8.42 Å². The maximum absolute atomic E-state index is 12.0. The van der Waals surface area contributed by atoms with Crippen LogP contribution in [0.5, 0.6) is 0 Å². The number of hydrogen-bond donors (Lipinski definition) is 0. The summed E-state index contributed by atoms with van der Waals surface area (Å²) < 4.78 is 31.0. The van der Waals surface area contributed by atoms with Gasteiger partial charge in [-0.15, -0.1) is 0 Å². The van der Waals surface area contributed by atoms with Crippen molar-refractivity contribution in [3.8, 4) is 0 Å². The SMILES string of the molecule is CC(C)(C)c1ccc(CN(C[C@@H]2CCCO2)S(C)(=O)=O)cn1. The Kier molecular flexibility index (Phi) is 5.25. The minimum absolute atomic E-state index is 0.00721. The number of nitrogens with zero attached hydrogens (tertiary/aromatic N) is 2. The topological polar surface area (TPSA) is 59.5 Å². The lowest BCUT2D eigenvalue weighted by Crippen LogP contribution is -2.36. The standard InChI is InChI=1S/C16H26N2O3S/c1-16(2,3)15-8-7-13(10-17-15)11-18(22(4,19)20)12-14-6-5-9-21-14/h7-8,10,14H,5-6,9,11-12H2,1-4H3/t14-/m0/s1. The van der Waals surface area contributed by atoms with Crippen molar-refractivity contribution in [1.29, 1.82) is 0 Å². The average Bonchev–Trinajstić information content (AvgIpc) is 2.89. The molecule has 1 aromatic heterocycles. The first kappa shape index (κ1) is 17.4. The van der Waals surface area contributed by atoms with Gasteiger partial charge in [0.15, 0.2) is 0 Å². The van der Waals surface area contributed by atoms with E-state index in [1.54, 1.807) is 6.20 Å². The predicted molar refractivity (Wildman–Crippen MR) is 87.2 cm³/mol. The normalized spacial score (nSPS) is 19.8. The molecule has 1 aromatic rings. The van der Waals surface area contributed by atoms with Crippen molar-refractivity contribution in [2.75, 3.05) is 19.4 Å². The molecule has 0 radical (unpaired) electrons. The molecule has 2 heterocycles. The van der Waals surface area contributed by atoms with Crippen LogP contribution in [0.1, 0.15) is 44.9 Å². The number of pyridine rings is 1. The summed E-state index contributed by atoms with van der Waals surface area (Å²) >= 11 is 0. The fourth-order valence-electron chi connectivity index (χ4n) is 2.50. The average molecular weight is 326 g/mol. The molecule has 124 valence electrons. The summed E-state index contributed by atoms with van der Waals surface area (Å²) in [5.41, 5.74) is 1.89. The van der Waals surface area contributed by atoms with Gasteiger partial charge in [0.1, 0.15) is 0 Å². The molecule has 5 nitrogen and oxygen atoms in total. The highest BCUT2D eigenvalue weighted by Gasteiger charge is 2.25. The van der Waals surface area contributed by atoms with Crippen LogP contribution in [0.15, 0.2) is 18.3 Å². The maximum Gasteiger partial charge on any atom is 0.211 e. The van der Waals surface area contributed by atoms with Gasteiger partial charge in [0.2, 0.25) is 10.0 Å². The Morgan fingerprint density at radius 2 is 2.09 bits per heavy atom. The van der Waals surface area contributed by atoms with Gasteiger partial charge in [0, 0.05) is 37.0 Å². The Bertz CT molecular complexity index is 585. The minimum Gasteiger partial charge on any atom is -0.377 e. The fourth-order valence-corrected chi connectivity index (χ4v) is 3.32.